The summed E-state index contributed by atoms with van der Waals surface area (Å²) in [5.41, 5.74) is 2.11. The molecule has 0 spiro atoms. The summed E-state index contributed by atoms with van der Waals surface area (Å²) in [6.45, 7) is 0. The van der Waals surface area contributed by atoms with Gasteiger partial charge in [-0.05, 0) is 36.5 Å². The molecule has 1 aliphatic carbocycles. The quantitative estimate of drug-likeness (QED) is 0.900. The van der Waals surface area contributed by atoms with Crippen molar-refractivity contribution in [2.45, 2.75) is 43.9 Å². The lowest BCUT2D eigenvalue weighted by Crippen LogP contribution is -2.35. The number of carboxylic acid groups (broad SMARTS) is 1. The first-order chi connectivity index (χ1) is 9.54. The van der Waals surface area contributed by atoms with E-state index in [0.29, 0.717) is 19.3 Å². The van der Waals surface area contributed by atoms with E-state index in [1.165, 1.54) is 0 Å². The number of aryl methyl sites for hydroxylation is 1. The average Bonchev–Trinajstić information content (AvgIpc) is 2.93. The monoisotopic (exact) mass is 273 g/mol. The van der Waals surface area contributed by atoms with Crippen LogP contribution in [0, 0.1) is 0 Å². The van der Waals surface area contributed by atoms with E-state index in [1.807, 2.05) is 18.2 Å². The highest BCUT2D eigenvalue weighted by atomic mass is 16.4. The van der Waals surface area contributed by atoms with Crippen molar-refractivity contribution in [3.8, 4) is 0 Å². The minimum Gasteiger partial charge on any atom is -0.481 e. The second kappa shape index (κ2) is 4.62. The number of hydrogen-bond acceptors (Lipinski definition) is 2. The van der Waals surface area contributed by atoms with Crippen molar-refractivity contribution in [1.82, 2.24) is 0 Å². The molecule has 1 heterocycles. The Morgan fingerprint density at radius 2 is 1.95 bits per heavy atom. The van der Waals surface area contributed by atoms with Crippen LogP contribution in [0.2, 0.25) is 0 Å². The first kappa shape index (κ1) is 13.2. The van der Waals surface area contributed by atoms with Gasteiger partial charge in [0.05, 0.1) is 5.41 Å². The topological polar surface area (TPSA) is 57.6 Å². The minimum absolute atomic E-state index is 0.102. The van der Waals surface area contributed by atoms with E-state index in [2.05, 4.69) is 0 Å². The van der Waals surface area contributed by atoms with Gasteiger partial charge in [0.25, 0.3) is 0 Å². The summed E-state index contributed by atoms with van der Waals surface area (Å²) in [5.74, 6) is -0.634. The van der Waals surface area contributed by atoms with E-state index >= 15 is 0 Å². The number of fused-ring (bicyclic) bond motifs is 1. The van der Waals surface area contributed by atoms with Crippen molar-refractivity contribution < 1.29 is 14.7 Å². The molecule has 1 saturated carbocycles. The lowest BCUT2D eigenvalue weighted by Gasteiger charge is -2.30. The highest BCUT2D eigenvalue weighted by Crippen LogP contribution is 2.43. The van der Waals surface area contributed by atoms with Crippen LogP contribution in [0.3, 0.4) is 0 Å². The zero-order chi connectivity index (χ0) is 14.3. The SMILES string of the molecule is CN1C(=O)CCc2ccc(C3(C(=O)O)CCCC3)cc21. The van der Waals surface area contributed by atoms with Gasteiger partial charge in [-0.2, -0.15) is 0 Å². The largest absolute Gasteiger partial charge is 0.481 e. The molecule has 0 atom stereocenters. The Balaban J connectivity index is 2.08. The van der Waals surface area contributed by atoms with Crippen LogP contribution in [0.25, 0.3) is 0 Å². The maximum atomic E-state index is 11.8. The molecular formula is C16H19NO3. The Bertz CT molecular complexity index is 573. The number of rotatable bonds is 2. The summed E-state index contributed by atoms with van der Waals surface area (Å²) >= 11 is 0. The van der Waals surface area contributed by atoms with Crippen LogP contribution in [0.4, 0.5) is 5.69 Å². The van der Waals surface area contributed by atoms with Crippen LogP contribution >= 0.6 is 0 Å². The predicted octanol–water partition coefficient (Wildman–Crippen LogP) is 2.49. The first-order valence-corrected chi connectivity index (χ1v) is 7.18. The van der Waals surface area contributed by atoms with Gasteiger partial charge in [-0.3, -0.25) is 9.59 Å². The molecule has 1 fully saturated rings. The van der Waals surface area contributed by atoms with Crippen LogP contribution < -0.4 is 4.90 Å². The van der Waals surface area contributed by atoms with Crippen molar-refractivity contribution in [3.63, 3.8) is 0 Å². The van der Waals surface area contributed by atoms with Crippen LogP contribution in [-0.4, -0.2) is 24.0 Å². The first-order valence-electron chi connectivity index (χ1n) is 7.18. The molecule has 106 valence electrons. The smallest absolute Gasteiger partial charge is 0.314 e. The zero-order valence-corrected chi connectivity index (χ0v) is 11.7. The fourth-order valence-corrected chi connectivity index (χ4v) is 3.53. The molecule has 0 saturated heterocycles. The van der Waals surface area contributed by atoms with E-state index < -0.39 is 11.4 Å². The second-order valence-electron chi connectivity index (χ2n) is 5.89. The fourth-order valence-electron chi connectivity index (χ4n) is 3.53. The number of aliphatic carboxylic acids is 1. The number of carbonyl (C=O) groups excluding carboxylic acids is 1. The van der Waals surface area contributed by atoms with Crippen molar-refractivity contribution >= 4 is 17.6 Å². The zero-order valence-electron chi connectivity index (χ0n) is 11.7. The van der Waals surface area contributed by atoms with Crippen molar-refractivity contribution in [1.29, 1.82) is 0 Å². The van der Waals surface area contributed by atoms with Crippen molar-refractivity contribution in [3.05, 3.63) is 29.3 Å². The van der Waals surface area contributed by atoms with Gasteiger partial charge in [0.15, 0.2) is 0 Å². The molecule has 0 radical (unpaired) electrons. The molecule has 1 N–H and O–H groups in total. The number of amides is 1. The van der Waals surface area contributed by atoms with Crippen molar-refractivity contribution in [2.24, 2.45) is 0 Å². The highest BCUT2D eigenvalue weighted by Gasteiger charge is 2.43. The van der Waals surface area contributed by atoms with Crippen LogP contribution in [0.1, 0.15) is 43.2 Å². The number of benzene rings is 1. The van der Waals surface area contributed by atoms with Gasteiger partial charge in [-0.15, -0.1) is 0 Å². The predicted molar refractivity (Wildman–Crippen MR) is 76.0 cm³/mol. The minimum atomic E-state index is -0.754. The standard InChI is InChI=1S/C16H19NO3/c1-17-13-10-12(6-4-11(13)5-7-14(17)18)16(15(19)20)8-2-3-9-16/h4,6,10H,2-3,5,7-9H2,1H3,(H,19,20). The fraction of sp³-hybridized carbons (Fsp3) is 0.500. The maximum absolute atomic E-state index is 11.8. The van der Waals surface area contributed by atoms with E-state index in [9.17, 15) is 14.7 Å². The molecule has 0 unspecified atom stereocenters. The molecular weight excluding hydrogens is 254 g/mol. The normalized spacial score (nSPS) is 20.9. The van der Waals surface area contributed by atoms with Gasteiger partial charge in [0.2, 0.25) is 5.91 Å². The van der Waals surface area contributed by atoms with Gasteiger partial charge in [-0.1, -0.05) is 25.0 Å². The summed E-state index contributed by atoms with van der Waals surface area (Å²) in [5, 5.41) is 9.66. The van der Waals surface area contributed by atoms with Crippen molar-refractivity contribution in [2.75, 3.05) is 11.9 Å². The number of carboxylic acids is 1. The third-order valence-corrected chi connectivity index (χ3v) is 4.85. The van der Waals surface area contributed by atoms with Gasteiger partial charge >= 0.3 is 5.97 Å². The Labute approximate surface area is 118 Å². The maximum Gasteiger partial charge on any atom is 0.314 e. The number of hydrogen-bond donors (Lipinski definition) is 1. The number of nitrogens with zero attached hydrogens (tertiary/aromatic N) is 1. The summed E-state index contributed by atoms with van der Waals surface area (Å²) in [6.07, 6.45) is 4.58. The molecule has 0 aromatic heterocycles. The van der Waals surface area contributed by atoms with Crippen LogP contribution in [0.15, 0.2) is 18.2 Å². The van der Waals surface area contributed by atoms with E-state index in [0.717, 1.165) is 36.1 Å². The van der Waals surface area contributed by atoms with Gasteiger partial charge in [-0.25, -0.2) is 0 Å². The summed E-state index contributed by atoms with van der Waals surface area (Å²) in [6, 6.07) is 5.87. The van der Waals surface area contributed by atoms with Gasteiger partial charge in [0, 0.05) is 19.2 Å². The lowest BCUT2D eigenvalue weighted by atomic mass is 9.78. The van der Waals surface area contributed by atoms with Gasteiger partial charge < -0.3 is 10.0 Å². The van der Waals surface area contributed by atoms with Crippen LogP contribution in [0.5, 0.6) is 0 Å². The molecule has 1 amide bonds. The second-order valence-corrected chi connectivity index (χ2v) is 5.89. The number of anilines is 1. The third kappa shape index (κ3) is 1.82. The molecule has 4 heteroatoms. The van der Waals surface area contributed by atoms with E-state index in [-0.39, 0.29) is 5.91 Å². The van der Waals surface area contributed by atoms with E-state index in [4.69, 9.17) is 0 Å². The Morgan fingerprint density at radius 1 is 1.25 bits per heavy atom. The molecule has 20 heavy (non-hydrogen) atoms. The summed E-state index contributed by atoms with van der Waals surface area (Å²) in [4.78, 5) is 25.2. The third-order valence-electron chi connectivity index (χ3n) is 4.85. The van der Waals surface area contributed by atoms with E-state index in [1.54, 1.807) is 11.9 Å². The van der Waals surface area contributed by atoms with Crippen LogP contribution in [-0.2, 0) is 21.4 Å². The summed E-state index contributed by atoms with van der Waals surface area (Å²) < 4.78 is 0. The average molecular weight is 273 g/mol. The molecule has 3 rings (SSSR count). The lowest BCUT2D eigenvalue weighted by molar-refractivity contribution is -0.143. The Kier molecular flexibility index (Phi) is 3.04. The molecule has 1 aliphatic heterocycles. The van der Waals surface area contributed by atoms with Gasteiger partial charge in [0.1, 0.15) is 0 Å². The molecule has 1 aromatic rings. The Hall–Kier alpha value is -1.84. The molecule has 0 bridgehead atoms. The Morgan fingerprint density at radius 3 is 2.60 bits per heavy atom. The molecule has 1 aromatic carbocycles. The summed E-state index contributed by atoms with van der Waals surface area (Å²) in [7, 11) is 1.77. The highest BCUT2D eigenvalue weighted by molar-refractivity contribution is 5.96. The molecule has 2 aliphatic rings. The number of carbonyl (C=O) groups is 2. The molecule has 4 nitrogen and oxygen atoms in total.